The number of halogens is 1. The van der Waals surface area contributed by atoms with E-state index < -0.39 is 10.0 Å². The first-order chi connectivity index (χ1) is 8.40. The highest BCUT2D eigenvalue weighted by Gasteiger charge is 2.24. The Morgan fingerprint density at radius 2 is 2.17 bits per heavy atom. The fourth-order valence-corrected chi connectivity index (χ4v) is 3.48. The average molecular weight is 332 g/mol. The van der Waals surface area contributed by atoms with Crippen molar-refractivity contribution in [3.8, 4) is 0 Å². The van der Waals surface area contributed by atoms with Gasteiger partial charge in [0, 0.05) is 13.2 Å². The first-order valence-corrected chi connectivity index (χ1v) is 7.18. The lowest BCUT2D eigenvalue weighted by atomic mass is 10.3. The molecule has 0 aliphatic heterocycles. The lowest BCUT2D eigenvalue weighted by molar-refractivity contribution is 0.578. The number of aryl methyl sites for hydroxylation is 2. The summed E-state index contributed by atoms with van der Waals surface area (Å²) in [5.74, 6) is 0.253. The molecule has 0 aliphatic carbocycles. The Balaban J connectivity index is 2.39. The van der Waals surface area contributed by atoms with Crippen molar-refractivity contribution in [3.63, 3.8) is 0 Å². The third kappa shape index (κ3) is 2.51. The molecule has 1 N–H and O–H groups in total. The van der Waals surface area contributed by atoms with Crippen LogP contribution in [-0.2, 0) is 17.1 Å². The fraction of sp³-hybridized carbons (Fsp3) is 0.222. The predicted octanol–water partition coefficient (Wildman–Crippen LogP) is 1.08. The molecule has 0 amide bonds. The molecule has 0 atom stereocenters. The summed E-state index contributed by atoms with van der Waals surface area (Å²) in [4.78, 5) is 3.94. The zero-order chi connectivity index (χ0) is 13.3. The van der Waals surface area contributed by atoms with Crippen molar-refractivity contribution in [2.24, 2.45) is 7.05 Å². The number of sulfonamides is 1. The maximum Gasteiger partial charge on any atom is 0.283 e. The summed E-state index contributed by atoms with van der Waals surface area (Å²) in [7, 11) is -2.27. The molecule has 9 heteroatoms. The van der Waals surface area contributed by atoms with Gasteiger partial charge in [-0.25, -0.2) is 9.67 Å². The molecule has 7 nitrogen and oxygen atoms in total. The molecule has 96 valence electrons. The van der Waals surface area contributed by atoms with Gasteiger partial charge in [-0.1, -0.05) is 5.21 Å². The van der Waals surface area contributed by atoms with Gasteiger partial charge in [-0.2, -0.15) is 8.42 Å². The van der Waals surface area contributed by atoms with E-state index in [2.05, 4.69) is 35.9 Å². The summed E-state index contributed by atoms with van der Waals surface area (Å²) in [6.07, 6.45) is 1.53. The summed E-state index contributed by atoms with van der Waals surface area (Å²) in [5, 5.41) is 7.20. The van der Waals surface area contributed by atoms with E-state index in [1.54, 1.807) is 12.1 Å². The van der Waals surface area contributed by atoms with Gasteiger partial charge in [-0.3, -0.25) is 4.72 Å². The van der Waals surface area contributed by atoms with Gasteiger partial charge >= 0.3 is 0 Å². The largest absolute Gasteiger partial charge is 0.283 e. The van der Waals surface area contributed by atoms with Crippen molar-refractivity contribution in [2.75, 3.05) is 4.72 Å². The number of anilines is 1. The van der Waals surface area contributed by atoms with E-state index in [1.165, 1.54) is 17.9 Å². The number of rotatable bonds is 3. The van der Waals surface area contributed by atoms with E-state index in [4.69, 9.17) is 0 Å². The van der Waals surface area contributed by atoms with Crippen LogP contribution in [0, 0.1) is 6.92 Å². The average Bonchev–Trinajstić information content (AvgIpc) is 2.58. The van der Waals surface area contributed by atoms with Gasteiger partial charge in [0.05, 0.1) is 0 Å². The first-order valence-electron chi connectivity index (χ1n) is 4.91. The van der Waals surface area contributed by atoms with Crippen LogP contribution in [0.3, 0.4) is 0 Å². The molecule has 2 heterocycles. The summed E-state index contributed by atoms with van der Waals surface area (Å²) in [5.41, 5.74) is 0.907. The number of hydrogen-bond acceptors (Lipinski definition) is 5. The van der Waals surface area contributed by atoms with Crippen LogP contribution in [0.1, 0.15) is 5.56 Å². The van der Waals surface area contributed by atoms with E-state index in [1.807, 2.05) is 6.92 Å². The van der Waals surface area contributed by atoms with Crippen LogP contribution in [-0.4, -0.2) is 28.4 Å². The summed E-state index contributed by atoms with van der Waals surface area (Å²) in [6.45, 7) is 1.85. The van der Waals surface area contributed by atoms with Crippen molar-refractivity contribution in [1.29, 1.82) is 0 Å². The quantitative estimate of drug-likeness (QED) is 0.908. The summed E-state index contributed by atoms with van der Waals surface area (Å²) >= 11 is 3.05. The van der Waals surface area contributed by atoms with Crippen molar-refractivity contribution >= 4 is 31.8 Å². The molecule has 0 saturated carbocycles. The van der Waals surface area contributed by atoms with Crippen LogP contribution < -0.4 is 4.72 Å². The van der Waals surface area contributed by atoms with Gasteiger partial charge in [-0.15, -0.1) is 5.10 Å². The smallest absolute Gasteiger partial charge is 0.262 e. The molecule has 0 saturated heterocycles. The third-order valence-electron chi connectivity index (χ3n) is 2.15. The Kier molecular flexibility index (Phi) is 3.35. The molecule has 2 aromatic heterocycles. The van der Waals surface area contributed by atoms with Gasteiger partial charge in [0.15, 0.2) is 4.60 Å². The minimum atomic E-state index is -3.77. The number of nitrogens with zero attached hydrogens (tertiary/aromatic N) is 4. The highest BCUT2D eigenvalue weighted by molar-refractivity contribution is 9.10. The van der Waals surface area contributed by atoms with E-state index in [9.17, 15) is 8.42 Å². The minimum absolute atomic E-state index is 0.0502. The zero-order valence-electron chi connectivity index (χ0n) is 9.62. The van der Waals surface area contributed by atoms with Gasteiger partial charge < -0.3 is 0 Å². The van der Waals surface area contributed by atoms with Crippen LogP contribution >= 0.6 is 15.9 Å². The molecule has 0 fully saturated rings. The zero-order valence-corrected chi connectivity index (χ0v) is 12.0. The van der Waals surface area contributed by atoms with Crippen LogP contribution in [0.25, 0.3) is 0 Å². The molecule has 0 aliphatic rings. The van der Waals surface area contributed by atoms with Crippen molar-refractivity contribution in [2.45, 2.75) is 11.9 Å². The van der Waals surface area contributed by atoms with Crippen molar-refractivity contribution < 1.29 is 8.42 Å². The Morgan fingerprint density at radius 3 is 2.72 bits per heavy atom. The van der Waals surface area contributed by atoms with Crippen LogP contribution in [0.2, 0.25) is 0 Å². The molecule has 2 rings (SSSR count). The van der Waals surface area contributed by atoms with Crippen LogP contribution in [0.5, 0.6) is 0 Å². The van der Waals surface area contributed by atoms with Crippen molar-refractivity contribution in [3.05, 3.63) is 28.5 Å². The van der Waals surface area contributed by atoms with Gasteiger partial charge in [0.1, 0.15) is 5.82 Å². The monoisotopic (exact) mass is 331 g/mol. The molecule has 0 unspecified atom stereocenters. The van der Waals surface area contributed by atoms with E-state index in [-0.39, 0.29) is 15.4 Å². The normalized spacial score (nSPS) is 11.5. The Morgan fingerprint density at radius 1 is 1.44 bits per heavy atom. The molecule has 2 aromatic rings. The maximum absolute atomic E-state index is 12.1. The fourth-order valence-electron chi connectivity index (χ4n) is 1.39. The molecule has 0 radical (unpaired) electrons. The second-order valence-corrected chi connectivity index (χ2v) is 5.98. The van der Waals surface area contributed by atoms with Gasteiger partial charge in [-0.05, 0) is 40.5 Å². The Bertz CT molecular complexity index is 663. The highest BCUT2D eigenvalue weighted by Crippen LogP contribution is 2.20. The number of hydrogen-bond donors (Lipinski definition) is 1. The predicted molar refractivity (Wildman–Crippen MR) is 68.5 cm³/mol. The maximum atomic E-state index is 12.1. The lowest BCUT2D eigenvalue weighted by Crippen LogP contribution is -2.17. The summed E-state index contributed by atoms with van der Waals surface area (Å²) < 4.78 is 28.0. The number of pyridine rings is 1. The third-order valence-corrected chi connectivity index (χ3v) is 4.39. The van der Waals surface area contributed by atoms with E-state index in [0.717, 1.165) is 5.56 Å². The molecule has 0 bridgehead atoms. The van der Waals surface area contributed by atoms with E-state index >= 15 is 0 Å². The molecule has 0 spiro atoms. The number of nitrogens with one attached hydrogen (secondary N) is 1. The Hall–Kier alpha value is -1.48. The molecule has 0 aromatic carbocycles. The standard InChI is InChI=1S/C9H10BrN5O2S/c1-6-3-4-11-7(5-6)13-18(16,17)9-8(10)12-14-15(9)2/h3-5H,1-2H3,(H,11,13). The summed E-state index contributed by atoms with van der Waals surface area (Å²) in [6, 6.07) is 3.41. The second kappa shape index (κ2) is 4.65. The van der Waals surface area contributed by atoms with Gasteiger partial charge in [0.25, 0.3) is 10.0 Å². The molecular formula is C9H10BrN5O2S. The van der Waals surface area contributed by atoms with Crippen molar-refractivity contribution in [1.82, 2.24) is 20.0 Å². The SMILES string of the molecule is Cc1ccnc(NS(=O)(=O)c2c(Br)nnn2C)c1. The first kappa shape index (κ1) is 13.0. The van der Waals surface area contributed by atoms with Crippen LogP contribution in [0.15, 0.2) is 28.0 Å². The molecule has 18 heavy (non-hydrogen) atoms. The minimum Gasteiger partial charge on any atom is -0.262 e. The topological polar surface area (TPSA) is 89.8 Å². The highest BCUT2D eigenvalue weighted by atomic mass is 79.9. The number of aromatic nitrogens is 4. The molecular weight excluding hydrogens is 322 g/mol. The lowest BCUT2D eigenvalue weighted by Gasteiger charge is -2.07. The second-order valence-electron chi connectivity index (χ2n) is 3.63. The Labute approximate surface area is 112 Å². The van der Waals surface area contributed by atoms with Gasteiger partial charge in [0.2, 0.25) is 5.03 Å². The van der Waals surface area contributed by atoms with E-state index in [0.29, 0.717) is 0 Å². The van der Waals surface area contributed by atoms with Crippen LogP contribution in [0.4, 0.5) is 5.82 Å².